The molecule has 0 unspecified atom stereocenters. The van der Waals surface area contributed by atoms with Crippen molar-refractivity contribution in [2.24, 2.45) is 0 Å². The summed E-state index contributed by atoms with van der Waals surface area (Å²) < 4.78 is 5.13. The first-order valence-corrected chi connectivity index (χ1v) is 6.35. The highest BCUT2D eigenvalue weighted by molar-refractivity contribution is 7.98. The van der Waals surface area contributed by atoms with Crippen LogP contribution < -0.4 is 11.2 Å². The van der Waals surface area contributed by atoms with E-state index in [1.54, 1.807) is 0 Å². The number of rotatable bonds is 3. The molecule has 0 fully saturated rings. The Balaban J connectivity index is 2.14. The number of nitrogens with two attached hydrogens (primary N) is 1. The maximum absolute atomic E-state index is 11.2. The SMILES string of the molecule is Cc1c(N)cccc1SCc1cc(=O)c(O)co1. The van der Waals surface area contributed by atoms with E-state index in [0.29, 0.717) is 11.5 Å². The molecule has 0 saturated carbocycles. The molecule has 3 N–H and O–H groups in total. The van der Waals surface area contributed by atoms with Crippen LogP contribution in [0.25, 0.3) is 0 Å². The fourth-order valence-corrected chi connectivity index (χ4v) is 2.41. The highest BCUT2D eigenvalue weighted by Gasteiger charge is 2.05. The Hall–Kier alpha value is -1.88. The first-order valence-electron chi connectivity index (χ1n) is 5.36. The second-order valence-corrected chi connectivity index (χ2v) is 4.87. The summed E-state index contributed by atoms with van der Waals surface area (Å²) in [6.07, 6.45) is 1.06. The molecular weight excluding hydrogens is 250 g/mol. The van der Waals surface area contributed by atoms with E-state index in [9.17, 15) is 4.79 Å². The Morgan fingerprint density at radius 2 is 2.22 bits per heavy atom. The van der Waals surface area contributed by atoms with Gasteiger partial charge in [0.2, 0.25) is 5.43 Å². The van der Waals surface area contributed by atoms with Gasteiger partial charge in [-0.2, -0.15) is 0 Å². The zero-order chi connectivity index (χ0) is 13.1. The summed E-state index contributed by atoms with van der Waals surface area (Å²) in [4.78, 5) is 12.3. The number of aromatic hydroxyl groups is 1. The second kappa shape index (κ2) is 5.18. The predicted molar refractivity (Wildman–Crippen MR) is 71.8 cm³/mol. The van der Waals surface area contributed by atoms with E-state index in [1.807, 2.05) is 25.1 Å². The molecule has 0 amide bonds. The molecule has 0 aliphatic carbocycles. The molecule has 1 heterocycles. The monoisotopic (exact) mass is 263 g/mol. The summed E-state index contributed by atoms with van der Waals surface area (Å²) in [5.74, 6) is 0.660. The average molecular weight is 263 g/mol. The summed E-state index contributed by atoms with van der Waals surface area (Å²) in [5.41, 5.74) is 7.14. The minimum Gasteiger partial charge on any atom is -0.502 e. The number of benzene rings is 1. The van der Waals surface area contributed by atoms with Crippen LogP contribution in [0.3, 0.4) is 0 Å². The Kier molecular flexibility index (Phi) is 3.62. The maximum atomic E-state index is 11.2. The molecule has 1 aromatic heterocycles. The highest BCUT2D eigenvalue weighted by atomic mass is 32.2. The van der Waals surface area contributed by atoms with Crippen molar-refractivity contribution in [2.75, 3.05) is 5.73 Å². The van der Waals surface area contributed by atoms with E-state index < -0.39 is 5.43 Å². The molecule has 2 rings (SSSR count). The Labute approximate surface area is 108 Å². The van der Waals surface area contributed by atoms with Gasteiger partial charge in [0.05, 0.1) is 5.75 Å². The molecule has 0 atom stereocenters. The summed E-state index contributed by atoms with van der Waals surface area (Å²) in [5, 5.41) is 9.08. The van der Waals surface area contributed by atoms with Crippen molar-refractivity contribution >= 4 is 17.4 Å². The van der Waals surface area contributed by atoms with Crippen LogP contribution in [-0.2, 0) is 5.75 Å². The molecule has 0 spiro atoms. The van der Waals surface area contributed by atoms with Crippen molar-refractivity contribution < 1.29 is 9.52 Å². The average Bonchev–Trinajstić information content (AvgIpc) is 2.35. The lowest BCUT2D eigenvalue weighted by Gasteiger charge is -2.07. The van der Waals surface area contributed by atoms with E-state index in [4.69, 9.17) is 15.3 Å². The van der Waals surface area contributed by atoms with Crippen LogP contribution in [0.5, 0.6) is 5.75 Å². The third-order valence-corrected chi connectivity index (χ3v) is 3.74. The van der Waals surface area contributed by atoms with E-state index in [-0.39, 0.29) is 5.75 Å². The third kappa shape index (κ3) is 2.68. The Bertz CT molecular complexity index is 622. The van der Waals surface area contributed by atoms with Gasteiger partial charge in [-0.15, -0.1) is 11.8 Å². The third-order valence-electron chi connectivity index (χ3n) is 2.56. The van der Waals surface area contributed by atoms with Crippen LogP contribution in [0.15, 0.2) is 44.6 Å². The molecule has 0 aliphatic heterocycles. The van der Waals surface area contributed by atoms with Gasteiger partial charge >= 0.3 is 0 Å². The zero-order valence-electron chi connectivity index (χ0n) is 9.84. The minimum absolute atomic E-state index is 0.371. The Morgan fingerprint density at radius 3 is 2.94 bits per heavy atom. The molecular formula is C13H13NO3S. The maximum Gasteiger partial charge on any atom is 0.226 e. The number of nitrogen functional groups attached to an aromatic ring is 1. The summed E-state index contributed by atoms with van der Waals surface area (Å²) in [7, 11) is 0. The summed E-state index contributed by atoms with van der Waals surface area (Å²) >= 11 is 1.53. The van der Waals surface area contributed by atoms with Gasteiger partial charge in [0.25, 0.3) is 0 Å². The van der Waals surface area contributed by atoms with Crippen LogP contribution in [0.2, 0.25) is 0 Å². The highest BCUT2D eigenvalue weighted by Crippen LogP contribution is 2.28. The van der Waals surface area contributed by atoms with E-state index in [1.165, 1.54) is 17.8 Å². The topological polar surface area (TPSA) is 76.5 Å². The largest absolute Gasteiger partial charge is 0.502 e. The molecule has 4 nitrogen and oxygen atoms in total. The van der Waals surface area contributed by atoms with Crippen molar-refractivity contribution in [1.29, 1.82) is 0 Å². The lowest BCUT2D eigenvalue weighted by molar-refractivity contribution is 0.419. The molecule has 0 radical (unpaired) electrons. The molecule has 94 valence electrons. The van der Waals surface area contributed by atoms with Crippen molar-refractivity contribution in [3.63, 3.8) is 0 Å². The van der Waals surface area contributed by atoms with Gasteiger partial charge in [-0.3, -0.25) is 4.79 Å². The summed E-state index contributed by atoms with van der Waals surface area (Å²) in [6, 6.07) is 7.00. The number of hydrogen-bond donors (Lipinski definition) is 2. The van der Waals surface area contributed by atoms with Crippen LogP contribution >= 0.6 is 11.8 Å². The molecule has 0 aliphatic rings. The zero-order valence-corrected chi connectivity index (χ0v) is 10.7. The van der Waals surface area contributed by atoms with E-state index in [0.717, 1.165) is 22.4 Å². The van der Waals surface area contributed by atoms with Gasteiger partial charge in [0, 0.05) is 16.6 Å². The first kappa shape index (κ1) is 12.6. The van der Waals surface area contributed by atoms with Gasteiger partial charge in [0.15, 0.2) is 5.75 Å². The normalized spacial score (nSPS) is 10.5. The van der Waals surface area contributed by atoms with Crippen LogP contribution in [0.1, 0.15) is 11.3 Å². The Morgan fingerprint density at radius 1 is 1.44 bits per heavy atom. The van der Waals surface area contributed by atoms with Gasteiger partial charge in [-0.1, -0.05) is 6.07 Å². The molecule has 0 saturated heterocycles. The number of thioether (sulfide) groups is 1. The smallest absolute Gasteiger partial charge is 0.226 e. The van der Waals surface area contributed by atoms with Gasteiger partial charge in [0.1, 0.15) is 12.0 Å². The van der Waals surface area contributed by atoms with E-state index >= 15 is 0 Å². The molecule has 2 aromatic rings. The van der Waals surface area contributed by atoms with Crippen LogP contribution in [-0.4, -0.2) is 5.11 Å². The quantitative estimate of drug-likeness (QED) is 0.657. The molecule has 5 heteroatoms. The van der Waals surface area contributed by atoms with Crippen LogP contribution in [0, 0.1) is 6.92 Å². The van der Waals surface area contributed by atoms with Crippen molar-refractivity contribution in [2.45, 2.75) is 17.6 Å². The van der Waals surface area contributed by atoms with Gasteiger partial charge < -0.3 is 15.3 Å². The molecule has 18 heavy (non-hydrogen) atoms. The fraction of sp³-hybridized carbons (Fsp3) is 0.154. The first-order chi connectivity index (χ1) is 8.58. The van der Waals surface area contributed by atoms with Crippen LogP contribution in [0.4, 0.5) is 5.69 Å². The fourth-order valence-electron chi connectivity index (χ4n) is 1.46. The summed E-state index contributed by atoms with van der Waals surface area (Å²) in [6.45, 7) is 1.95. The van der Waals surface area contributed by atoms with Crippen molar-refractivity contribution in [1.82, 2.24) is 0 Å². The number of anilines is 1. The van der Waals surface area contributed by atoms with Crippen molar-refractivity contribution in [3.8, 4) is 5.75 Å². The lowest BCUT2D eigenvalue weighted by Crippen LogP contribution is -1.99. The standard InChI is InChI=1S/C13H13NO3S/c1-8-10(14)3-2-4-13(8)18-7-9-5-11(15)12(16)6-17-9/h2-6,16H,7,14H2,1H3. The lowest BCUT2D eigenvalue weighted by atomic mass is 10.2. The van der Waals surface area contributed by atoms with Crippen molar-refractivity contribution in [3.05, 3.63) is 52.1 Å². The molecule has 1 aromatic carbocycles. The predicted octanol–water partition coefficient (Wildman–Crippen LogP) is 2.53. The molecule has 0 bridgehead atoms. The van der Waals surface area contributed by atoms with Gasteiger partial charge in [-0.25, -0.2) is 0 Å². The number of hydrogen-bond acceptors (Lipinski definition) is 5. The minimum atomic E-state index is -0.429. The van der Waals surface area contributed by atoms with Gasteiger partial charge in [-0.05, 0) is 24.6 Å². The van der Waals surface area contributed by atoms with E-state index in [2.05, 4.69) is 0 Å². The second-order valence-electron chi connectivity index (χ2n) is 3.85.